The van der Waals surface area contributed by atoms with Gasteiger partial charge in [-0.2, -0.15) is 0 Å². The third-order valence-electron chi connectivity index (χ3n) is 5.60. The highest BCUT2D eigenvalue weighted by atomic mass is 14.3. The van der Waals surface area contributed by atoms with E-state index < -0.39 is 0 Å². The van der Waals surface area contributed by atoms with E-state index in [2.05, 4.69) is 106 Å². The first-order chi connectivity index (χ1) is 12.6. The van der Waals surface area contributed by atoms with Gasteiger partial charge in [0.2, 0.25) is 0 Å². The van der Waals surface area contributed by atoms with Crippen LogP contribution < -0.4 is 0 Å². The molecule has 0 aliphatic heterocycles. The summed E-state index contributed by atoms with van der Waals surface area (Å²) in [4.78, 5) is 0. The lowest BCUT2D eigenvalue weighted by molar-refractivity contribution is 0.888. The minimum atomic E-state index is 0.194. The van der Waals surface area contributed by atoms with E-state index in [1.807, 2.05) is 0 Å². The van der Waals surface area contributed by atoms with Gasteiger partial charge in [0.1, 0.15) is 0 Å². The Morgan fingerprint density at radius 2 is 1.41 bits per heavy atom. The Morgan fingerprint density at radius 1 is 0.852 bits per heavy atom. The molecule has 1 unspecified atom stereocenters. The molecule has 0 aliphatic rings. The van der Waals surface area contributed by atoms with Crippen LogP contribution in [0.5, 0.6) is 0 Å². The third-order valence-corrected chi connectivity index (χ3v) is 5.60. The average Bonchev–Trinajstić information content (AvgIpc) is 2.59. The Labute approximate surface area is 168 Å². The Hall–Kier alpha value is -2.08. The van der Waals surface area contributed by atoms with Crippen molar-refractivity contribution in [1.82, 2.24) is 0 Å². The molecule has 146 valence electrons. The van der Waals surface area contributed by atoms with Crippen molar-refractivity contribution in [3.05, 3.63) is 92.6 Å². The summed E-state index contributed by atoms with van der Waals surface area (Å²) in [5.74, 6) is 0.194. The third kappa shape index (κ3) is 5.22. The maximum atomic E-state index is 4.35. The number of aryl methyl sites for hydroxylation is 2. The molecule has 0 aliphatic carbocycles. The number of allylic oxidation sites excluding steroid dienone is 9. The number of benzene rings is 1. The lowest BCUT2D eigenvalue weighted by Crippen LogP contribution is -2.13. The van der Waals surface area contributed by atoms with Crippen LogP contribution in [-0.2, 0) is 0 Å². The van der Waals surface area contributed by atoms with Gasteiger partial charge >= 0.3 is 0 Å². The lowest BCUT2D eigenvalue weighted by atomic mass is 9.73. The van der Waals surface area contributed by atoms with Crippen LogP contribution in [0.15, 0.2) is 75.9 Å². The molecule has 0 heterocycles. The van der Waals surface area contributed by atoms with Crippen molar-refractivity contribution in [1.29, 1.82) is 0 Å². The number of rotatable bonds is 6. The van der Waals surface area contributed by atoms with Crippen LogP contribution in [0.4, 0.5) is 0 Å². The Balaban J connectivity index is 4.07. The molecule has 1 atom stereocenters. The van der Waals surface area contributed by atoms with Gasteiger partial charge in [0.25, 0.3) is 0 Å². The van der Waals surface area contributed by atoms with E-state index in [-0.39, 0.29) is 5.92 Å². The fraction of sp³-hybridized carbons (Fsp3) is 0.407. The molecule has 0 saturated heterocycles. The monoisotopic (exact) mass is 362 g/mol. The Morgan fingerprint density at radius 3 is 1.81 bits per heavy atom. The van der Waals surface area contributed by atoms with Crippen LogP contribution in [0, 0.1) is 13.8 Å². The van der Waals surface area contributed by atoms with E-state index in [1.54, 1.807) is 0 Å². The van der Waals surface area contributed by atoms with Crippen molar-refractivity contribution in [2.24, 2.45) is 0 Å². The highest BCUT2D eigenvalue weighted by molar-refractivity contribution is 5.58. The molecule has 0 saturated carbocycles. The first-order valence-corrected chi connectivity index (χ1v) is 9.94. The smallest absolute Gasteiger partial charge is 0.0349 e. The van der Waals surface area contributed by atoms with Crippen molar-refractivity contribution in [2.75, 3.05) is 0 Å². The van der Waals surface area contributed by atoms with Gasteiger partial charge in [-0.15, -0.1) is 0 Å². The van der Waals surface area contributed by atoms with Crippen LogP contribution >= 0.6 is 0 Å². The summed E-state index contributed by atoms with van der Waals surface area (Å²) in [6.45, 7) is 26.3. The first-order valence-electron chi connectivity index (χ1n) is 9.94. The summed E-state index contributed by atoms with van der Waals surface area (Å²) in [6, 6.07) is 6.84. The predicted molar refractivity (Wildman–Crippen MR) is 123 cm³/mol. The average molecular weight is 363 g/mol. The summed E-state index contributed by atoms with van der Waals surface area (Å²) >= 11 is 0. The molecule has 0 fully saturated rings. The molecule has 0 amide bonds. The number of hydrogen-bond acceptors (Lipinski definition) is 0. The molecular weight excluding hydrogens is 324 g/mol. The molecule has 1 rings (SSSR count). The summed E-state index contributed by atoms with van der Waals surface area (Å²) in [5.41, 5.74) is 13.3. The normalized spacial score (nSPS) is 14.6. The van der Waals surface area contributed by atoms with Crippen LogP contribution in [0.2, 0.25) is 0 Å². The molecule has 0 heteroatoms. The second-order valence-corrected chi connectivity index (χ2v) is 7.97. The zero-order chi connectivity index (χ0) is 20.9. The van der Waals surface area contributed by atoms with Gasteiger partial charge in [-0.1, -0.05) is 64.8 Å². The van der Waals surface area contributed by atoms with Gasteiger partial charge in [0.15, 0.2) is 0 Å². The highest BCUT2D eigenvalue weighted by Gasteiger charge is 2.27. The van der Waals surface area contributed by atoms with E-state index in [0.717, 1.165) is 5.57 Å². The molecule has 0 nitrogen and oxygen atoms in total. The molecule has 1 aromatic rings. The van der Waals surface area contributed by atoms with Gasteiger partial charge in [0, 0.05) is 5.92 Å². The van der Waals surface area contributed by atoms with Gasteiger partial charge in [-0.05, 0) is 97.1 Å². The van der Waals surface area contributed by atoms with Gasteiger partial charge in [-0.25, -0.2) is 0 Å². The Bertz CT molecular complexity index is 831. The molecule has 0 radical (unpaired) electrons. The molecule has 0 spiro atoms. The maximum absolute atomic E-state index is 4.35. The largest absolute Gasteiger partial charge is 0.0958 e. The quantitative estimate of drug-likeness (QED) is 0.445. The van der Waals surface area contributed by atoms with Crippen LogP contribution in [0.3, 0.4) is 0 Å². The fourth-order valence-electron chi connectivity index (χ4n) is 3.89. The Kier molecular flexibility index (Phi) is 8.28. The zero-order valence-electron chi connectivity index (χ0n) is 19.2. The second kappa shape index (κ2) is 9.74. The second-order valence-electron chi connectivity index (χ2n) is 7.97. The van der Waals surface area contributed by atoms with E-state index in [1.165, 1.54) is 50.1 Å². The molecular formula is C27H38. The van der Waals surface area contributed by atoms with E-state index in [0.29, 0.717) is 0 Å². The number of hydrogen-bond donors (Lipinski definition) is 0. The summed E-state index contributed by atoms with van der Waals surface area (Å²) < 4.78 is 0. The minimum absolute atomic E-state index is 0.194. The molecule has 0 N–H and O–H groups in total. The molecule has 0 aromatic heterocycles. The van der Waals surface area contributed by atoms with Crippen LogP contribution in [0.25, 0.3) is 0 Å². The van der Waals surface area contributed by atoms with Crippen LogP contribution in [0.1, 0.15) is 78.0 Å². The van der Waals surface area contributed by atoms with Gasteiger partial charge < -0.3 is 0 Å². The lowest BCUT2D eigenvalue weighted by Gasteiger charge is -2.30. The minimum Gasteiger partial charge on any atom is -0.0958 e. The van der Waals surface area contributed by atoms with Crippen molar-refractivity contribution in [3.63, 3.8) is 0 Å². The SMILES string of the molecule is C=C(C)C(=C(C)C)C(C(=C(C)/C(C)=C\C)/C(C)=C/C)c1ccc(C)cc1C. The van der Waals surface area contributed by atoms with Gasteiger partial charge in [-0.3, -0.25) is 0 Å². The zero-order valence-corrected chi connectivity index (χ0v) is 19.2. The standard InChI is InChI=1S/C27H38/c1-12-20(8)23(11)26(21(9)13-2)27(25(17(3)4)18(5)6)24-15-14-19(7)16-22(24)10/h12-16,27H,3H2,1-2,4-11H3/b20-12-,21-13+,26-23+. The van der Waals surface area contributed by atoms with Crippen molar-refractivity contribution < 1.29 is 0 Å². The summed E-state index contributed by atoms with van der Waals surface area (Å²) in [6.07, 6.45) is 4.44. The van der Waals surface area contributed by atoms with Crippen LogP contribution in [-0.4, -0.2) is 0 Å². The van der Waals surface area contributed by atoms with Crippen molar-refractivity contribution >= 4 is 0 Å². The maximum Gasteiger partial charge on any atom is 0.0349 e. The van der Waals surface area contributed by atoms with E-state index >= 15 is 0 Å². The first kappa shape index (κ1) is 23.0. The topological polar surface area (TPSA) is 0 Å². The van der Waals surface area contributed by atoms with Crippen molar-refractivity contribution in [2.45, 2.75) is 75.2 Å². The summed E-state index contributed by atoms with van der Waals surface area (Å²) in [5, 5.41) is 0. The predicted octanol–water partition coefficient (Wildman–Crippen LogP) is 8.55. The molecule has 1 aromatic carbocycles. The van der Waals surface area contributed by atoms with Gasteiger partial charge in [0.05, 0.1) is 0 Å². The van der Waals surface area contributed by atoms with E-state index in [9.17, 15) is 0 Å². The summed E-state index contributed by atoms with van der Waals surface area (Å²) in [7, 11) is 0. The highest BCUT2D eigenvalue weighted by Crippen LogP contribution is 2.43. The molecule has 27 heavy (non-hydrogen) atoms. The molecule has 0 bridgehead atoms. The fourth-order valence-corrected chi connectivity index (χ4v) is 3.89. The van der Waals surface area contributed by atoms with Crippen molar-refractivity contribution in [3.8, 4) is 0 Å². The van der Waals surface area contributed by atoms with E-state index in [4.69, 9.17) is 0 Å².